The van der Waals surface area contributed by atoms with Crippen LogP contribution in [0, 0.1) is 5.92 Å². The van der Waals surface area contributed by atoms with Gasteiger partial charge in [-0.25, -0.2) is 9.78 Å². The number of urea groups is 1. The number of aliphatic hydroxyl groups is 1. The number of rotatable bonds is 4. The maximum atomic E-state index is 12.2. The molecule has 2 N–H and O–H groups in total. The molecular weight excluding hydrogens is 292 g/mol. The number of carbonyl (C=O) groups is 1. The number of anilines is 1. The number of likely N-dealkylation sites (tertiary alicyclic amines) is 1. The van der Waals surface area contributed by atoms with E-state index in [2.05, 4.69) is 21.3 Å². The Morgan fingerprint density at radius 1 is 1.30 bits per heavy atom. The lowest BCUT2D eigenvalue weighted by Crippen LogP contribution is -2.38. The highest BCUT2D eigenvalue weighted by molar-refractivity contribution is 5.74. The molecule has 3 heterocycles. The van der Waals surface area contributed by atoms with Crippen molar-refractivity contribution in [1.82, 2.24) is 15.2 Å². The Balaban J connectivity index is 1.53. The first-order valence-electron chi connectivity index (χ1n) is 8.60. The molecule has 1 atom stereocenters. The number of hydrogen-bond donors (Lipinski definition) is 2. The van der Waals surface area contributed by atoms with Gasteiger partial charge < -0.3 is 20.2 Å². The van der Waals surface area contributed by atoms with Crippen LogP contribution in [0.15, 0.2) is 18.3 Å². The molecule has 23 heavy (non-hydrogen) atoms. The zero-order valence-corrected chi connectivity index (χ0v) is 13.6. The van der Waals surface area contributed by atoms with Crippen LogP contribution in [0.5, 0.6) is 0 Å². The third-order valence-electron chi connectivity index (χ3n) is 4.76. The third kappa shape index (κ3) is 4.13. The van der Waals surface area contributed by atoms with E-state index >= 15 is 0 Å². The molecule has 3 rings (SSSR count). The van der Waals surface area contributed by atoms with Crippen molar-refractivity contribution in [3.63, 3.8) is 0 Å². The van der Waals surface area contributed by atoms with Crippen LogP contribution in [0.25, 0.3) is 0 Å². The number of hydrogen-bond acceptors (Lipinski definition) is 4. The molecule has 2 amide bonds. The molecule has 0 radical (unpaired) electrons. The fourth-order valence-corrected chi connectivity index (χ4v) is 3.32. The van der Waals surface area contributed by atoms with Gasteiger partial charge in [0.1, 0.15) is 5.82 Å². The van der Waals surface area contributed by atoms with Gasteiger partial charge >= 0.3 is 6.03 Å². The quantitative estimate of drug-likeness (QED) is 0.885. The summed E-state index contributed by atoms with van der Waals surface area (Å²) in [6.07, 6.45) is 6.46. The van der Waals surface area contributed by atoms with Gasteiger partial charge in [0.2, 0.25) is 0 Å². The van der Waals surface area contributed by atoms with E-state index in [1.54, 1.807) is 4.90 Å². The molecule has 6 nitrogen and oxygen atoms in total. The van der Waals surface area contributed by atoms with E-state index in [4.69, 9.17) is 5.11 Å². The summed E-state index contributed by atoms with van der Waals surface area (Å²) in [7, 11) is 0. The van der Waals surface area contributed by atoms with Crippen LogP contribution in [-0.4, -0.2) is 53.8 Å². The average molecular weight is 318 g/mol. The smallest absolute Gasteiger partial charge is 0.317 e. The van der Waals surface area contributed by atoms with Crippen molar-refractivity contribution in [1.29, 1.82) is 0 Å². The number of carbonyl (C=O) groups excluding carboxylic acids is 1. The molecule has 1 unspecified atom stereocenters. The molecule has 0 bridgehead atoms. The van der Waals surface area contributed by atoms with E-state index in [9.17, 15) is 4.79 Å². The van der Waals surface area contributed by atoms with Crippen LogP contribution >= 0.6 is 0 Å². The molecule has 2 saturated heterocycles. The van der Waals surface area contributed by atoms with Crippen molar-refractivity contribution in [3.05, 3.63) is 23.9 Å². The summed E-state index contributed by atoms with van der Waals surface area (Å²) in [5, 5.41) is 12.1. The molecule has 0 spiro atoms. The Morgan fingerprint density at radius 2 is 2.13 bits per heavy atom. The van der Waals surface area contributed by atoms with Crippen LogP contribution in [0.1, 0.15) is 31.2 Å². The van der Waals surface area contributed by atoms with E-state index in [-0.39, 0.29) is 18.6 Å². The normalized spacial score (nSPS) is 21.5. The van der Waals surface area contributed by atoms with E-state index in [1.165, 1.54) is 19.3 Å². The minimum Gasteiger partial charge on any atom is -0.396 e. The van der Waals surface area contributed by atoms with E-state index < -0.39 is 0 Å². The second-order valence-corrected chi connectivity index (χ2v) is 6.51. The minimum atomic E-state index is -0.0442. The number of piperidine rings is 1. The standard InChI is InChI=1S/C17H26N4O2/c22-13-15-5-9-21(12-15)17(23)19-11-14-4-6-18-16(10-14)20-7-2-1-3-8-20/h4,6,10,15,22H,1-3,5,7-9,11-13H2,(H,19,23). The van der Waals surface area contributed by atoms with Gasteiger partial charge in [0.25, 0.3) is 0 Å². The average Bonchev–Trinajstić information content (AvgIpc) is 3.10. The number of aromatic nitrogens is 1. The Bertz CT molecular complexity index is 531. The van der Waals surface area contributed by atoms with E-state index in [0.717, 1.165) is 37.4 Å². The molecule has 6 heteroatoms. The first-order valence-corrected chi connectivity index (χ1v) is 8.60. The van der Waals surface area contributed by atoms with Crippen LogP contribution in [0.4, 0.5) is 10.6 Å². The Kier molecular flexibility index (Phi) is 5.33. The lowest BCUT2D eigenvalue weighted by atomic mass is 10.1. The van der Waals surface area contributed by atoms with Crippen molar-refractivity contribution >= 4 is 11.8 Å². The largest absolute Gasteiger partial charge is 0.396 e. The van der Waals surface area contributed by atoms with Crippen LogP contribution in [0.3, 0.4) is 0 Å². The highest BCUT2D eigenvalue weighted by atomic mass is 16.3. The Hall–Kier alpha value is -1.82. The maximum Gasteiger partial charge on any atom is 0.317 e. The fourth-order valence-electron chi connectivity index (χ4n) is 3.32. The van der Waals surface area contributed by atoms with Gasteiger partial charge in [-0.1, -0.05) is 0 Å². The zero-order valence-electron chi connectivity index (χ0n) is 13.6. The summed E-state index contributed by atoms with van der Waals surface area (Å²) in [6.45, 7) is 4.19. The third-order valence-corrected chi connectivity index (χ3v) is 4.76. The van der Waals surface area contributed by atoms with Crippen molar-refractivity contribution in [2.24, 2.45) is 5.92 Å². The second-order valence-electron chi connectivity index (χ2n) is 6.51. The van der Waals surface area contributed by atoms with Crippen LogP contribution in [0.2, 0.25) is 0 Å². The summed E-state index contributed by atoms with van der Waals surface area (Å²) in [5.41, 5.74) is 1.08. The predicted molar refractivity (Wildman–Crippen MR) is 89.3 cm³/mol. The monoisotopic (exact) mass is 318 g/mol. The van der Waals surface area contributed by atoms with Gasteiger partial charge in [-0.2, -0.15) is 0 Å². The maximum absolute atomic E-state index is 12.2. The first-order chi connectivity index (χ1) is 11.3. The molecular formula is C17H26N4O2. The van der Waals surface area contributed by atoms with Crippen LogP contribution < -0.4 is 10.2 Å². The molecule has 0 saturated carbocycles. The number of aliphatic hydroxyl groups excluding tert-OH is 1. The number of nitrogens with one attached hydrogen (secondary N) is 1. The molecule has 2 aliphatic rings. The predicted octanol–water partition coefficient (Wildman–Crippen LogP) is 1.60. The molecule has 126 valence electrons. The van der Waals surface area contributed by atoms with Crippen molar-refractivity contribution in [2.75, 3.05) is 37.7 Å². The second kappa shape index (κ2) is 7.64. The first kappa shape index (κ1) is 16.1. The number of nitrogens with zero attached hydrogens (tertiary/aromatic N) is 3. The molecule has 2 aliphatic heterocycles. The number of pyridine rings is 1. The van der Waals surface area contributed by atoms with Crippen molar-refractivity contribution in [3.8, 4) is 0 Å². The van der Waals surface area contributed by atoms with Gasteiger partial charge in [-0.3, -0.25) is 0 Å². The van der Waals surface area contributed by atoms with Crippen LogP contribution in [-0.2, 0) is 6.54 Å². The highest BCUT2D eigenvalue weighted by Crippen LogP contribution is 2.19. The summed E-state index contributed by atoms with van der Waals surface area (Å²) < 4.78 is 0. The van der Waals surface area contributed by atoms with Gasteiger partial charge in [0.15, 0.2) is 0 Å². The molecule has 2 fully saturated rings. The van der Waals surface area contributed by atoms with Crippen molar-refractivity contribution in [2.45, 2.75) is 32.2 Å². The zero-order chi connectivity index (χ0) is 16.1. The SMILES string of the molecule is O=C(NCc1ccnc(N2CCCCC2)c1)N1CCC(CO)C1. The molecule has 0 aromatic carbocycles. The molecule has 0 aliphatic carbocycles. The fraction of sp³-hybridized carbons (Fsp3) is 0.647. The van der Waals surface area contributed by atoms with E-state index in [0.29, 0.717) is 13.1 Å². The lowest BCUT2D eigenvalue weighted by molar-refractivity contribution is 0.198. The summed E-state index contributed by atoms with van der Waals surface area (Å²) in [5.74, 6) is 1.24. The van der Waals surface area contributed by atoms with Gasteiger partial charge in [-0.05, 0) is 43.4 Å². The minimum absolute atomic E-state index is 0.0442. The lowest BCUT2D eigenvalue weighted by Gasteiger charge is -2.28. The van der Waals surface area contributed by atoms with Crippen molar-refractivity contribution < 1.29 is 9.90 Å². The van der Waals surface area contributed by atoms with Gasteiger partial charge in [0.05, 0.1) is 0 Å². The van der Waals surface area contributed by atoms with E-state index in [1.807, 2.05) is 12.3 Å². The summed E-state index contributed by atoms with van der Waals surface area (Å²) in [4.78, 5) is 20.7. The molecule has 1 aromatic heterocycles. The Labute approximate surface area is 137 Å². The number of amides is 2. The summed E-state index contributed by atoms with van der Waals surface area (Å²) in [6, 6.07) is 3.98. The van der Waals surface area contributed by atoms with Gasteiger partial charge in [0, 0.05) is 51.4 Å². The summed E-state index contributed by atoms with van der Waals surface area (Å²) >= 11 is 0. The molecule has 1 aromatic rings. The van der Waals surface area contributed by atoms with Gasteiger partial charge in [-0.15, -0.1) is 0 Å². The highest BCUT2D eigenvalue weighted by Gasteiger charge is 2.25. The Morgan fingerprint density at radius 3 is 2.87 bits per heavy atom. The topological polar surface area (TPSA) is 68.7 Å².